The van der Waals surface area contributed by atoms with Gasteiger partial charge in [0.05, 0.1) is 22.5 Å². The Labute approximate surface area is 195 Å². The number of nitrogens with zero attached hydrogens (tertiary/aromatic N) is 6. The van der Waals surface area contributed by atoms with Gasteiger partial charge < -0.3 is 14.4 Å². The Bertz CT molecular complexity index is 1110. The maximum absolute atomic E-state index is 9.08. The Morgan fingerprint density at radius 2 is 1.30 bits per heavy atom. The number of imidazole rings is 1. The van der Waals surface area contributed by atoms with Crippen LogP contribution in [-0.2, 0) is 10.1 Å². The second-order valence-electron chi connectivity index (χ2n) is 7.70. The van der Waals surface area contributed by atoms with E-state index >= 15 is 0 Å². The maximum Gasteiger partial charge on any atom is 0.304 e. The molecule has 0 saturated heterocycles. The SMILES string of the molecule is CS(=O)(=O)[O-].Cc1n(N=Cc2ccc(N(C)C)cc2)cc[n+]1N=Cc1ccc(N(C)C)cc1. The molecule has 0 bridgehead atoms. The van der Waals surface area contributed by atoms with Crippen LogP contribution < -0.4 is 14.5 Å². The van der Waals surface area contributed by atoms with Crippen LogP contribution in [-0.4, -0.2) is 64.5 Å². The third-order valence-electron chi connectivity index (χ3n) is 4.49. The van der Waals surface area contributed by atoms with Crippen molar-refractivity contribution in [3.63, 3.8) is 0 Å². The molecule has 0 atom stereocenters. The predicted octanol–water partition coefficient (Wildman–Crippen LogP) is 2.14. The zero-order valence-electron chi connectivity index (χ0n) is 19.7. The Balaban J connectivity index is 0.000000696. The van der Waals surface area contributed by atoms with E-state index in [-0.39, 0.29) is 0 Å². The van der Waals surface area contributed by atoms with Crippen LogP contribution in [0.5, 0.6) is 0 Å². The van der Waals surface area contributed by atoms with Crippen molar-refractivity contribution in [2.45, 2.75) is 6.92 Å². The number of rotatable bonds is 6. The fourth-order valence-electron chi connectivity index (χ4n) is 2.67. The summed E-state index contributed by atoms with van der Waals surface area (Å²) in [5, 5.41) is 9.07. The van der Waals surface area contributed by atoms with Gasteiger partial charge in [0.1, 0.15) is 0 Å². The van der Waals surface area contributed by atoms with E-state index in [1.165, 1.54) is 11.4 Å². The fourth-order valence-corrected chi connectivity index (χ4v) is 2.67. The molecule has 0 unspecified atom stereocenters. The number of aromatic nitrogens is 2. The first-order valence-corrected chi connectivity index (χ1v) is 11.9. The van der Waals surface area contributed by atoms with E-state index in [0.717, 1.165) is 17.0 Å². The van der Waals surface area contributed by atoms with Gasteiger partial charge in [-0.1, -0.05) is 34.5 Å². The van der Waals surface area contributed by atoms with Crippen molar-refractivity contribution in [1.82, 2.24) is 4.68 Å². The van der Waals surface area contributed by atoms with E-state index in [0.29, 0.717) is 6.26 Å². The second kappa shape index (κ2) is 11.4. The molecule has 176 valence electrons. The first kappa shape index (κ1) is 25.8. The number of benzene rings is 2. The van der Waals surface area contributed by atoms with Crippen molar-refractivity contribution in [2.24, 2.45) is 10.2 Å². The molecule has 0 saturated carbocycles. The van der Waals surface area contributed by atoms with Crippen molar-refractivity contribution >= 4 is 33.9 Å². The van der Waals surface area contributed by atoms with Gasteiger partial charge in [-0.2, -0.15) is 0 Å². The van der Waals surface area contributed by atoms with Gasteiger partial charge in [-0.3, -0.25) is 0 Å². The lowest BCUT2D eigenvalue weighted by molar-refractivity contribution is -0.684. The molecule has 9 nitrogen and oxygen atoms in total. The van der Waals surface area contributed by atoms with Crippen LogP contribution in [0.1, 0.15) is 17.0 Å². The average molecular weight is 471 g/mol. The van der Waals surface area contributed by atoms with E-state index < -0.39 is 10.1 Å². The lowest BCUT2D eigenvalue weighted by Gasteiger charge is -2.11. The van der Waals surface area contributed by atoms with E-state index in [1.807, 2.05) is 69.3 Å². The molecule has 1 heterocycles. The largest absolute Gasteiger partial charge is 0.748 e. The third kappa shape index (κ3) is 8.87. The van der Waals surface area contributed by atoms with Gasteiger partial charge in [0.2, 0.25) is 0 Å². The number of hydrogen-bond donors (Lipinski definition) is 0. The third-order valence-corrected chi connectivity index (χ3v) is 4.49. The first-order chi connectivity index (χ1) is 15.4. The van der Waals surface area contributed by atoms with Gasteiger partial charge >= 0.3 is 5.82 Å². The van der Waals surface area contributed by atoms with Gasteiger partial charge in [-0.25, -0.2) is 8.42 Å². The molecule has 3 aromatic rings. The molecule has 0 radical (unpaired) electrons. The summed E-state index contributed by atoms with van der Waals surface area (Å²) in [6.07, 6.45) is 8.09. The molecule has 0 spiro atoms. The van der Waals surface area contributed by atoms with Gasteiger partial charge in [0, 0.05) is 52.7 Å². The standard InChI is InChI=1S/C22H27N6.CH4O3S/c1-18-27(23-16-19-6-10-21(11-7-19)25(2)3)14-15-28(18)24-17-20-8-12-22(13-9-20)26(4)5;1-5(2,3)4/h6-17H,1-5H3;1H3,(H,2,3,4)/q+1;/p-1. The Hall–Kier alpha value is -3.50. The van der Waals surface area contributed by atoms with Crippen LogP contribution in [0.25, 0.3) is 0 Å². The Kier molecular flexibility index (Phi) is 8.89. The summed E-state index contributed by atoms with van der Waals surface area (Å²) in [5.74, 6) is 0.919. The number of anilines is 2. The molecule has 10 heteroatoms. The average Bonchev–Trinajstić information content (AvgIpc) is 3.09. The van der Waals surface area contributed by atoms with Crippen molar-refractivity contribution < 1.29 is 17.6 Å². The van der Waals surface area contributed by atoms with Crippen LogP contribution in [0.2, 0.25) is 0 Å². The second-order valence-corrected chi connectivity index (χ2v) is 9.11. The van der Waals surface area contributed by atoms with E-state index in [2.05, 4.69) is 68.5 Å². The topological polar surface area (TPSA) is 97.2 Å². The molecule has 3 rings (SSSR count). The quantitative estimate of drug-likeness (QED) is 0.312. The van der Waals surface area contributed by atoms with Crippen molar-refractivity contribution in [3.8, 4) is 0 Å². The van der Waals surface area contributed by atoms with Gasteiger partial charge in [0.15, 0.2) is 12.4 Å². The minimum Gasteiger partial charge on any atom is -0.748 e. The molecule has 0 aliphatic heterocycles. The molecular weight excluding hydrogens is 440 g/mol. The summed E-state index contributed by atoms with van der Waals surface area (Å²) in [6.45, 7) is 1.99. The Morgan fingerprint density at radius 3 is 1.73 bits per heavy atom. The van der Waals surface area contributed by atoms with Crippen molar-refractivity contribution in [2.75, 3.05) is 44.2 Å². The summed E-state index contributed by atoms with van der Waals surface area (Å²) >= 11 is 0. The maximum atomic E-state index is 9.08. The molecule has 0 N–H and O–H groups in total. The van der Waals surface area contributed by atoms with Crippen LogP contribution in [0.3, 0.4) is 0 Å². The van der Waals surface area contributed by atoms with Crippen LogP contribution in [0.15, 0.2) is 71.1 Å². The normalized spacial score (nSPS) is 11.5. The zero-order chi connectivity index (χ0) is 24.6. The molecule has 0 aliphatic carbocycles. The Morgan fingerprint density at radius 1 is 0.879 bits per heavy atom. The van der Waals surface area contributed by atoms with Gasteiger partial charge in [-0.15, -0.1) is 9.35 Å². The summed E-state index contributed by atoms with van der Waals surface area (Å²) in [4.78, 5) is 4.15. The van der Waals surface area contributed by atoms with Crippen molar-refractivity contribution in [1.29, 1.82) is 0 Å². The molecule has 0 amide bonds. The van der Waals surface area contributed by atoms with Crippen LogP contribution >= 0.6 is 0 Å². The number of hydrogen-bond acceptors (Lipinski definition) is 7. The van der Waals surface area contributed by atoms with E-state index in [1.54, 1.807) is 0 Å². The van der Waals surface area contributed by atoms with Gasteiger partial charge in [0.25, 0.3) is 0 Å². The monoisotopic (exact) mass is 470 g/mol. The summed E-state index contributed by atoms with van der Waals surface area (Å²) in [7, 11) is 4.20. The van der Waals surface area contributed by atoms with Crippen LogP contribution in [0, 0.1) is 6.92 Å². The predicted molar refractivity (Wildman–Crippen MR) is 133 cm³/mol. The van der Waals surface area contributed by atoms with E-state index in [9.17, 15) is 0 Å². The molecule has 0 fully saturated rings. The van der Waals surface area contributed by atoms with Crippen molar-refractivity contribution in [3.05, 3.63) is 77.9 Å². The highest BCUT2D eigenvalue weighted by Crippen LogP contribution is 2.12. The molecule has 1 aromatic heterocycles. The minimum absolute atomic E-state index is 0.604. The highest BCUT2D eigenvalue weighted by molar-refractivity contribution is 7.84. The summed E-state index contributed by atoms with van der Waals surface area (Å²) in [6, 6.07) is 16.5. The highest BCUT2D eigenvalue weighted by Gasteiger charge is 2.10. The summed E-state index contributed by atoms with van der Waals surface area (Å²) in [5.41, 5.74) is 4.43. The molecule has 33 heavy (non-hydrogen) atoms. The molecular formula is C23H30N6O3S. The van der Waals surface area contributed by atoms with Crippen LogP contribution in [0.4, 0.5) is 11.4 Å². The highest BCUT2D eigenvalue weighted by atomic mass is 32.2. The smallest absolute Gasteiger partial charge is 0.304 e. The fraction of sp³-hybridized carbons (Fsp3) is 0.261. The minimum atomic E-state index is -3.92. The van der Waals surface area contributed by atoms with E-state index in [4.69, 9.17) is 13.0 Å². The molecule has 2 aromatic carbocycles. The van der Waals surface area contributed by atoms with Gasteiger partial charge in [-0.05, 0) is 35.4 Å². The lowest BCUT2D eigenvalue weighted by atomic mass is 10.2. The first-order valence-electron chi connectivity index (χ1n) is 10.1. The lowest BCUT2D eigenvalue weighted by Crippen LogP contribution is -2.29. The zero-order valence-corrected chi connectivity index (χ0v) is 20.6. The summed E-state index contributed by atoms with van der Waals surface area (Å²) < 4.78 is 30.9. The molecule has 0 aliphatic rings.